The average Bonchev–Trinajstić information content (AvgIpc) is 3.24. The van der Waals surface area contributed by atoms with E-state index in [2.05, 4.69) is 78.3 Å². The molecule has 4 aromatic rings. The van der Waals surface area contributed by atoms with Crippen molar-refractivity contribution in [2.24, 2.45) is 0 Å². The Morgan fingerprint density at radius 3 is 1.97 bits per heavy atom. The third kappa shape index (κ3) is 6.43. The Bertz CT molecular complexity index is 1120. The Balaban J connectivity index is 0.000000243. The summed E-state index contributed by atoms with van der Waals surface area (Å²) in [5, 5.41) is 0.929. The van der Waals surface area contributed by atoms with Crippen LogP contribution in [0, 0.1) is 5.82 Å². The monoisotopic (exact) mass is 512 g/mol. The molecule has 0 amide bonds. The fraction of sp³-hybridized carbons (Fsp3) is 0.286. The number of fused-ring (bicyclic) bond motifs is 1. The first-order valence-corrected chi connectivity index (χ1v) is 12.8. The maximum absolute atomic E-state index is 14.4. The van der Waals surface area contributed by atoms with Crippen LogP contribution in [-0.2, 0) is 12.8 Å². The first-order chi connectivity index (χ1) is 15.5. The Labute approximate surface area is 203 Å². The Morgan fingerprint density at radius 1 is 0.812 bits per heavy atom. The fourth-order valence-corrected chi connectivity index (χ4v) is 4.88. The molecule has 1 aromatic heterocycles. The molecule has 0 unspecified atom stereocenters. The maximum Gasteiger partial charge on any atom is 0.182 e. The van der Waals surface area contributed by atoms with Gasteiger partial charge in [0.2, 0.25) is 0 Å². The van der Waals surface area contributed by atoms with Crippen molar-refractivity contribution in [3.63, 3.8) is 0 Å². The number of hydrogen-bond donors (Lipinski definition) is 0. The van der Waals surface area contributed by atoms with Crippen LogP contribution in [0.4, 0.5) is 4.39 Å². The van der Waals surface area contributed by atoms with Gasteiger partial charge in [0.1, 0.15) is 0 Å². The summed E-state index contributed by atoms with van der Waals surface area (Å²) in [4.78, 5) is 1.09. The van der Waals surface area contributed by atoms with E-state index < -0.39 is 0 Å². The van der Waals surface area contributed by atoms with Crippen molar-refractivity contribution >= 4 is 37.4 Å². The van der Waals surface area contributed by atoms with E-state index in [4.69, 9.17) is 4.74 Å². The van der Waals surface area contributed by atoms with Gasteiger partial charge in [0.05, 0.1) is 11.3 Å². The molecule has 0 radical (unpaired) electrons. The van der Waals surface area contributed by atoms with Crippen molar-refractivity contribution in [2.45, 2.75) is 46.5 Å². The van der Waals surface area contributed by atoms with Crippen LogP contribution in [0.2, 0.25) is 0 Å². The van der Waals surface area contributed by atoms with Crippen LogP contribution in [0.1, 0.15) is 44.7 Å². The van der Waals surface area contributed by atoms with Crippen LogP contribution in [0.3, 0.4) is 0 Å². The number of halogens is 2. The normalized spacial score (nSPS) is 10.7. The standard InChI is InChI=1S/C19H19FOS.C9H11Br/c1-3-5-13-6-8-14(9-7-13)17-12-15-10-11-16(21-4-2)18(20)19(15)22-17;1-2-3-8-4-6-9(10)7-5-8/h6-12H,3-5H2,1-2H3;4-7H,2-3H2,1H3. The minimum absolute atomic E-state index is 0.252. The fourth-order valence-electron chi connectivity index (χ4n) is 3.52. The highest BCUT2D eigenvalue weighted by Gasteiger charge is 2.12. The Hall–Kier alpha value is -2.17. The highest BCUT2D eigenvalue weighted by molar-refractivity contribution is 9.10. The van der Waals surface area contributed by atoms with Gasteiger partial charge in [-0.2, -0.15) is 0 Å². The number of thiophene rings is 1. The zero-order valence-corrected chi connectivity index (χ0v) is 21.4. The molecule has 0 aliphatic carbocycles. The lowest BCUT2D eigenvalue weighted by molar-refractivity contribution is 0.323. The summed E-state index contributed by atoms with van der Waals surface area (Å²) in [6.07, 6.45) is 4.65. The van der Waals surface area contributed by atoms with Crippen molar-refractivity contribution in [1.82, 2.24) is 0 Å². The third-order valence-corrected chi connectivity index (χ3v) is 6.84. The van der Waals surface area contributed by atoms with E-state index in [1.807, 2.05) is 19.1 Å². The topological polar surface area (TPSA) is 9.23 Å². The Kier molecular flexibility index (Phi) is 9.31. The molecule has 0 aliphatic heterocycles. The summed E-state index contributed by atoms with van der Waals surface area (Å²) >= 11 is 4.88. The second-order valence-corrected chi connectivity index (χ2v) is 9.63. The molecule has 0 bridgehead atoms. The van der Waals surface area contributed by atoms with Crippen molar-refractivity contribution in [2.75, 3.05) is 6.61 Å². The van der Waals surface area contributed by atoms with Gasteiger partial charge in [-0.3, -0.25) is 0 Å². The molecule has 168 valence electrons. The van der Waals surface area contributed by atoms with Crippen molar-refractivity contribution in [3.05, 3.63) is 88.1 Å². The summed E-state index contributed by atoms with van der Waals surface area (Å²) < 4.78 is 21.6. The predicted octanol–water partition coefficient (Wildman–Crippen LogP) is 9.46. The van der Waals surface area contributed by atoms with E-state index in [0.717, 1.165) is 33.1 Å². The maximum atomic E-state index is 14.4. The van der Waals surface area contributed by atoms with Gasteiger partial charge in [0.25, 0.3) is 0 Å². The molecular formula is C28H30BrFOS. The van der Waals surface area contributed by atoms with Crippen LogP contribution in [0.15, 0.2) is 71.2 Å². The number of ether oxygens (including phenoxy) is 1. The van der Waals surface area contributed by atoms with E-state index in [0.29, 0.717) is 17.1 Å². The number of rotatable bonds is 7. The smallest absolute Gasteiger partial charge is 0.182 e. The van der Waals surface area contributed by atoms with Gasteiger partial charge in [0.15, 0.2) is 11.6 Å². The summed E-state index contributed by atoms with van der Waals surface area (Å²) in [5.41, 5.74) is 3.90. The molecule has 1 heterocycles. The Morgan fingerprint density at radius 2 is 1.41 bits per heavy atom. The average molecular weight is 514 g/mol. The van der Waals surface area contributed by atoms with E-state index in [1.54, 1.807) is 6.07 Å². The van der Waals surface area contributed by atoms with Crippen molar-refractivity contribution in [3.8, 4) is 16.2 Å². The van der Waals surface area contributed by atoms with Gasteiger partial charge in [-0.1, -0.05) is 79.0 Å². The van der Waals surface area contributed by atoms with Crippen LogP contribution >= 0.6 is 27.3 Å². The van der Waals surface area contributed by atoms with E-state index >= 15 is 0 Å². The number of benzene rings is 3. The molecule has 0 fully saturated rings. The zero-order chi connectivity index (χ0) is 22.9. The summed E-state index contributed by atoms with van der Waals surface area (Å²) in [6, 6.07) is 22.7. The van der Waals surface area contributed by atoms with Crippen LogP contribution < -0.4 is 4.74 Å². The van der Waals surface area contributed by atoms with Gasteiger partial charge in [0, 0.05) is 9.35 Å². The summed E-state index contributed by atoms with van der Waals surface area (Å²) in [5.74, 6) is 0.0832. The van der Waals surface area contributed by atoms with Crippen molar-refractivity contribution in [1.29, 1.82) is 0 Å². The highest BCUT2D eigenvalue weighted by Crippen LogP contribution is 2.38. The second-order valence-electron chi connectivity index (χ2n) is 7.66. The number of hydrogen-bond acceptors (Lipinski definition) is 2. The van der Waals surface area contributed by atoms with Gasteiger partial charge >= 0.3 is 0 Å². The summed E-state index contributed by atoms with van der Waals surface area (Å²) in [7, 11) is 0. The van der Waals surface area contributed by atoms with E-state index in [1.165, 1.54) is 35.3 Å². The van der Waals surface area contributed by atoms with Crippen molar-refractivity contribution < 1.29 is 9.13 Å². The first kappa shape index (κ1) is 24.5. The molecule has 32 heavy (non-hydrogen) atoms. The third-order valence-electron chi connectivity index (χ3n) is 5.12. The number of aryl methyl sites for hydroxylation is 2. The van der Waals surface area contributed by atoms with E-state index in [9.17, 15) is 4.39 Å². The minimum Gasteiger partial charge on any atom is -0.491 e. The summed E-state index contributed by atoms with van der Waals surface area (Å²) in [6.45, 7) is 6.71. The van der Waals surface area contributed by atoms with Gasteiger partial charge in [-0.15, -0.1) is 11.3 Å². The molecule has 1 nitrogen and oxygen atoms in total. The quantitative estimate of drug-likeness (QED) is 0.239. The van der Waals surface area contributed by atoms with Gasteiger partial charge in [-0.25, -0.2) is 4.39 Å². The van der Waals surface area contributed by atoms with Crippen LogP contribution in [0.5, 0.6) is 5.75 Å². The lowest BCUT2D eigenvalue weighted by Crippen LogP contribution is -1.93. The highest BCUT2D eigenvalue weighted by atomic mass is 79.9. The second kappa shape index (κ2) is 12.2. The molecule has 0 spiro atoms. The lowest BCUT2D eigenvalue weighted by atomic mass is 10.1. The van der Waals surface area contributed by atoms with Gasteiger partial charge < -0.3 is 4.74 Å². The molecular weight excluding hydrogens is 483 g/mol. The minimum atomic E-state index is -0.252. The van der Waals surface area contributed by atoms with Crippen LogP contribution in [0.25, 0.3) is 20.5 Å². The molecule has 4 heteroatoms. The SMILES string of the molecule is CCCc1ccc(-c2cc3ccc(OCC)c(F)c3s2)cc1.CCCc1ccc(Br)cc1. The molecule has 0 saturated heterocycles. The van der Waals surface area contributed by atoms with Crippen LogP contribution in [-0.4, -0.2) is 6.61 Å². The largest absolute Gasteiger partial charge is 0.491 e. The molecule has 0 N–H and O–H groups in total. The van der Waals surface area contributed by atoms with E-state index in [-0.39, 0.29) is 5.82 Å². The molecule has 4 rings (SSSR count). The van der Waals surface area contributed by atoms with Gasteiger partial charge in [-0.05, 0) is 72.2 Å². The molecule has 0 saturated carbocycles. The first-order valence-electron chi connectivity index (χ1n) is 11.2. The predicted molar refractivity (Wildman–Crippen MR) is 141 cm³/mol. The molecule has 0 aliphatic rings. The zero-order valence-electron chi connectivity index (χ0n) is 19.0. The molecule has 3 aromatic carbocycles. The lowest BCUT2D eigenvalue weighted by Gasteiger charge is -2.04. The molecule has 0 atom stereocenters.